The van der Waals surface area contributed by atoms with Gasteiger partial charge in [-0.2, -0.15) is 4.31 Å². The fraction of sp³-hybridized carbons (Fsp3) is 0.278. The monoisotopic (exact) mass is 427 g/mol. The summed E-state index contributed by atoms with van der Waals surface area (Å²) in [5, 5.41) is 3.06. The van der Waals surface area contributed by atoms with Crippen LogP contribution in [0.5, 0.6) is 0 Å². The molecule has 1 heterocycles. The second kappa shape index (κ2) is 8.58. The molecule has 2 aromatic rings. The predicted octanol–water partition coefficient (Wildman–Crippen LogP) is 2.94. The molecule has 0 saturated carbocycles. The molecule has 0 atom stereocenters. The van der Waals surface area contributed by atoms with Crippen molar-refractivity contribution < 1.29 is 13.2 Å². The van der Waals surface area contributed by atoms with Crippen LogP contribution in [-0.4, -0.2) is 56.3 Å². The molecule has 3 rings (SSSR count). The summed E-state index contributed by atoms with van der Waals surface area (Å²) in [5.41, 5.74) is 0.735. The molecular weight excluding hydrogens is 409 g/mol. The highest BCUT2D eigenvalue weighted by molar-refractivity contribution is 7.89. The molecule has 1 aliphatic rings. The Labute approximate surface area is 168 Å². The van der Waals surface area contributed by atoms with Crippen molar-refractivity contribution in [3.05, 3.63) is 58.6 Å². The summed E-state index contributed by atoms with van der Waals surface area (Å²) in [6, 6.07) is 13.8. The van der Waals surface area contributed by atoms with Gasteiger partial charge >= 0.3 is 0 Å². The summed E-state index contributed by atoms with van der Waals surface area (Å²) in [6.07, 6.45) is 0. The number of anilines is 1. The van der Waals surface area contributed by atoms with E-state index < -0.39 is 10.0 Å². The largest absolute Gasteiger partial charge is 0.325 e. The van der Waals surface area contributed by atoms with Gasteiger partial charge in [-0.05, 0) is 24.3 Å². The minimum absolute atomic E-state index is 0.00642. The Morgan fingerprint density at radius 2 is 1.63 bits per heavy atom. The van der Waals surface area contributed by atoms with Gasteiger partial charge in [-0.1, -0.05) is 47.5 Å². The van der Waals surface area contributed by atoms with Gasteiger partial charge in [-0.3, -0.25) is 9.69 Å². The first-order valence-electron chi connectivity index (χ1n) is 8.39. The van der Waals surface area contributed by atoms with Crippen molar-refractivity contribution in [3.8, 4) is 0 Å². The maximum atomic E-state index is 12.8. The van der Waals surface area contributed by atoms with E-state index >= 15 is 0 Å². The molecule has 1 amide bonds. The molecular formula is C18H19Cl2N3O3S. The van der Waals surface area contributed by atoms with E-state index in [0.717, 1.165) is 5.69 Å². The molecule has 0 radical (unpaired) electrons. The number of hydrogen-bond acceptors (Lipinski definition) is 4. The SMILES string of the molecule is O=C(CN1CCN(S(=O)(=O)c2cccc(Cl)c2Cl)CC1)Nc1ccccc1. The number of nitrogens with one attached hydrogen (secondary N) is 1. The van der Waals surface area contributed by atoms with E-state index in [2.05, 4.69) is 5.32 Å². The third kappa shape index (κ3) is 4.80. The number of halogens is 2. The fourth-order valence-electron chi connectivity index (χ4n) is 2.88. The summed E-state index contributed by atoms with van der Waals surface area (Å²) >= 11 is 12.0. The van der Waals surface area contributed by atoms with Crippen LogP contribution in [0.15, 0.2) is 53.4 Å². The van der Waals surface area contributed by atoms with Crippen LogP contribution in [0.25, 0.3) is 0 Å². The number of carbonyl (C=O) groups excluding carboxylic acids is 1. The molecule has 0 aromatic heterocycles. The van der Waals surface area contributed by atoms with Crippen LogP contribution in [0.1, 0.15) is 0 Å². The van der Waals surface area contributed by atoms with Crippen molar-refractivity contribution >= 4 is 44.8 Å². The van der Waals surface area contributed by atoms with Gasteiger partial charge in [-0.25, -0.2) is 8.42 Å². The van der Waals surface area contributed by atoms with Crippen LogP contribution < -0.4 is 5.32 Å². The Kier molecular flexibility index (Phi) is 6.39. The smallest absolute Gasteiger partial charge is 0.244 e. The molecule has 2 aromatic carbocycles. The summed E-state index contributed by atoms with van der Waals surface area (Å²) < 4.78 is 27.0. The molecule has 1 N–H and O–H groups in total. The van der Waals surface area contributed by atoms with Gasteiger partial charge in [0.05, 0.1) is 16.6 Å². The predicted molar refractivity (Wildman–Crippen MR) is 107 cm³/mol. The van der Waals surface area contributed by atoms with E-state index in [4.69, 9.17) is 23.2 Å². The van der Waals surface area contributed by atoms with Gasteiger partial charge in [0.25, 0.3) is 0 Å². The number of nitrogens with zero attached hydrogens (tertiary/aromatic N) is 2. The number of para-hydroxylation sites is 1. The summed E-state index contributed by atoms with van der Waals surface area (Å²) in [4.78, 5) is 14.1. The molecule has 0 unspecified atom stereocenters. The van der Waals surface area contributed by atoms with E-state index in [1.54, 1.807) is 12.1 Å². The lowest BCUT2D eigenvalue weighted by Crippen LogP contribution is -2.50. The number of hydrogen-bond donors (Lipinski definition) is 1. The molecule has 27 heavy (non-hydrogen) atoms. The Morgan fingerprint density at radius 3 is 2.30 bits per heavy atom. The molecule has 0 bridgehead atoms. The second-order valence-electron chi connectivity index (χ2n) is 6.15. The van der Waals surface area contributed by atoms with Gasteiger partial charge in [0.15, 0.2) is 0 Å². The Morgan fingerprint density at radius 1 is 0.963 bits per heavy atom. The van der Waals surface area contributed by atoms with Crippen LogP contribution in [0.4, 0.5) is 5.69 Å². The molecule has 1 fully saturated rings. The standard InChI is InChI=1S/C18H19Cl2N3O3S/c19-15-7-4-8-16(18(15)20)27(25,26)23-11-9-22(10-12-23)13-17(24)21-14-5-2-1-3-6-14/h1-8H,9-13H2,(H,21,24). The van der Waals surface area contributed by atoms with Crippen molar-refractivity contribution in [1.29, 1.82) is 0 Å². The first-order chi connectivity index (χ1) is 12.9. The zero-order valence-corrected chi connectivity index (χ0v) is 16.8. The van der Waals surface area contributed by atoms with Crippen molar-refractivity contribution in [2.75, 3.05) is 38.0 Å². The first-order valence-corrected chi connectivity index (χ1v) is 10.6. The van der Waals surface area contributed by atoms with Gasteiger partial charge in [0.2, 0.25) is 15.9 Å². The van der Waals surface area contributed by atoms with E-state index in [1.807, 2.05) is 35.2 Å². The van der Waals surface area contributed by atoms with Crippen molar-refractivity contribution in [2.45, 2.75) is 4.90 Å². The van der Waals surface area contributed by atoms with Gasteiger partial charge in [0, 0.05) is 31.9 Å². The number of piperazine rings is 1. The molecule has 1 saturated heterocycles. The molecule has 0 aliphatic carbocycles. The Bertz CT molecular complexity index is 915. The average molecular weight is 428 g/mol. The van der Waals surface area contributed by atoms with Crippen molar-refractivity contribution in [2.24, 2.45) is 0 Å². The van der Waals surface area contributed by atoms with Gasteiger partial charge < -0.3 is 5.32 Å². The fourth-order valence-corrected chi connectivity index (χ4v) is 5.03. The van der Waals surface area contributed by atoms with E-state index in [-0.39, 0.29) is 40.5 Å². The van der Waals surface area contributed by atoms with Crippen LogP contribution in [0, 0.1) is 0 Å². The van der Waals surface area contributed by atoms with Crippen LogP contribution in [0.2, 0.25) is 10.0 Å². The van der Waals surface area contributed by atoms with Crippen molar-refractivity contribution in [3.63, 3.8) is 0 Å². The number of amides is 1. The minimum Gasteiger partial charge on any atom is -0.325 e. The minimum atomic E-state index is -3.73. The Balaban J connectivity index is 1.58. The zero-order chi connectivity index (χ0) is 19.4. The summed E-state index contributed by atoms with van der Waals surface area (Å²) in [6.45, 7) is 1.69. The van der Waals surface area contributed by atoms with Gasteiger partial charge in [-0.15, -0.1) is 0 Å². The molecule has 144 valence electrons. The maximum absolute atomic E-state index is 12.8. The topological polar surface area (TPSA) is 69.7 Å². The maximum Gasteiger partial charge on any atom is 0.244 e. The van der Waals surface area contributed by atoms with Gasteiger partial charge in [0.1, 0.15) is 4.90 Å². The highest BCUT2D eigenvalue weighted by atomic mass is 35.5. The first kappa shape index (κ1) is 20.1. The second-order valence-corrected chi connectivity index (χ2v) is 8.84. The lowest BCUT2D eigenvalue weighted by atomic mass is 10.3. The number of benzene rings is 2. The number of carbonyl (C=O) groups is 1. The summed E-state index contributed by atoms with van der Waals surface area (Å²) in [7, 11) is -3.73. The number of rotatable bonds is 5. The van der Waals surface area contributed by atoms with Crippen LogP contribution in [0.3, 0.4) is 0 Å². The lowest BCUT2D eigenvalue weighted by Gasteiger charge is -2.33. The third-order valence-electron chi connectivity index (χ3n) is 4.29. The highest BCUT2D eigenvalue weighted by Gasteiger charge is 2.31. The zero-order valence-electron chi connectivity index (χ0n) is 14.4. The van der Waals surface area contributed by atoms with Crippen LogP contribution in [-0.2, 0) is 14.8 Å². The Hall–Kier alpha value is -1.64. The normalized spacial score (nSPS) is 16.2. The molecule has 0 spiro atoms. The van der Waals surface area contributed by atoms with Crippen molar-refractivity contribution in [1.82, 2.24) is 9.21 Å². The molecule has 6 nitrogen and oxygen atoms in total. The number of sulfonamides is 1. The quantitative estimate of drug-likeness (QED) is 0.795. The molecule has 9 heteroatoms. The summed E-state index contributed by atoms with van der Waals surface area (Å²) in [5.74, 6) is -0.129. The van der Waals surface area contributed by atoms with E-state index in [1.165, 1.54) is 10.4 Å². The highest BCUT2D eigenvalue weighted by Crippen LogP contribution is 2.31. The molecule has 1 aliphatic heterocycles. The lowest BCUT2D eigenvalue weighted by molar-refractivity contribution is -0.117. The van der Waals surface area contributed by atoms with E-state index in [9.17, 15) is 13.2 Å². The van der Waals surface area contributed by atoms with E-state index in [0.29, 0.717) is 13.1 Å². The average Bonchev–Trinajstić information content (AvgIpc) is 2.65. The van der Waals surface area contributed by atoms with Crippen LogP contribution >= 0.6 is 23.2 Å². The third-order valence-corrected chi connectivity index (χ3v) is 7.16.